The van der Waals surface area contributed by atoms with E-state index >= 15 is 0 Å². The molecule has 0 amide bonds. The van der Waals surface area contributed by atoms with Crippen LogP contribution in [-0.2, 0) is 0 Å². The lowest BCUT2D eigenvalue weighted by Crippen LogP contribution is -2.47. The second kappa shape index (κ2) is 7.57. The molecule has 0 saturated carbocycles. The van der Waals surface area contributed by atoms with Crippen LogP contribution in [0.1, 0.15) is 37.8 Å². The molecule has 9 nitrogen and oxygen atoms in total. The fourth-order valence-electron chi connectivity index (χ4n) is 4.64. The average Bonchev–Trinajstić information content (AvgIpc) is 3.39. The summed E-state index contributed by atoms with van der Waals surface area (Å²) in [6, 6.07) is 5.65. The molecule has 5 rings (SSSR count). The van der Waals surface area contributed by atoms with Crippen LogP contribution in [0.5, 0.6) is 0 Å². The topological polar surface area (TPSA) is 118 Å². The van der Waals surface area contributed by atoms with Gasteiger partial charge in [0, 0.05) is 42.9 Å². The van der Waals surface area contributed by atoms with E-state index in [2.05, 4.69) is 41.8 Å². The van der Waals surface area contributed by atoms with Gasteiger partial charge in [-0.15, -0.1) is 11.3 Å². The lowest BCUT2D eigenvalue weighted by atomic mass is 9.97. The molecule has 3 aromatic heterocycles. The van der Waals surface area contributed by atoms with Crippen LogP contribution in [0.15, 0.2) is 11.6 Å². The molecule has 3 aromatic rings. The molecule has 3 N–H and O–H groups in total. The lowest BCUT2D eigenvalue weighted by Gasteiger charge is -2.38. The molecule has 29 heavy (non-hydrogen) atoms. The van der Waals surface area contributed by atoms with Crippen molar-refractivity contribution in [3.8, 4) is 6.07 Å². The Morgan fingerprint density at radius 3 is 2.86 bits per heavy atom. The van der Waals surface area contributed by atoms with Crippen LogP contribution in [-0.4, -0.2) is 54.7 Å². The second-order valence-corrected chi connectivity index (χ2v) is 8.66. The van der Waals surface area contributed by atoms with Crippen LogP contribution in [0, 0.1) is 18.3 Å². The lowest BCUT2D eigenvalue weighted by molar-refractivity contribution is 0.135. The predicted molar refractivity (Wildman–Crippen MR) is 112 cm³/mol. The molecule has 2 aliphatic heterocycles. The fourth-order valence-corrected chi connectivity index (χ4v) is 5.31. The number of anilines is 3. The SMILES string of the molecule is Cc1cc(Nc2nc(N[C@@H]3C[C@H]4CC[C@@H](C3)N4CCC#N)nc3ncsc23)n[nH]1. The van der Waals surface area contributed by atoms with Crippen molar-refractivity contribution in [1.29, 1.82) is 5.26 Å². The third kappa shape index (κ3) is 3.63. The molecular formula is C19H23N9S. The van der Waals surface area contributed by atoms with Gasteiger partial charge in [-0.05, 0) is 32.6 Å². The molecule has 2 bridgehead atoms. The number of piperidine rings is 1. The van der Waals surface area contributed by atoms with Crippen LogP contribution in [0.3, 0.4) is 0 Å². The van der Waals surface area contributed by atoms with Crippen molar-refractivity contribution >= 4 is 39.3 Å². The molecule has 0 aromatic carbocycles. The van der Waals surface area contributed by atoms with Gasteiger partial charge in [0.25, 0.3) is 0 Å². The van der Waals surface area contributed by atoms with Gasteiger partial charge in [0.15, 0.2) is 17.3 Å². The second-order valence-electron chi connectivity index (χ2n) is 7.81. The number of aryl methyl sites for hydroxylation is 1. The van der Waals surface area contributed by atoms with Gasteiger partial charge in [-0.2, -0.15) is 20.3 Å². The first-order valence-electron chi connectivity index (χ1n) is 9.99. The maximum atomic E-state index is 8.92. The minimum Gasteiger partial charge on any atom is -0.351 e. The number of H-pyrrole nitrogens is 1. The Morgan fingerprint density at radius 1 is 1.31 bits per heavy atom. The molecule has 3 atom stereocenters. The zero-order valence-electron chi connectivity index (χ0n) is 16.2. The van der Waals surface area contributed by atoms with Crippen molar-refractivity contribution in [2.24, 2.45) is 0 Å². The Balaban J connectivity index is 1.34. The van der Waals surface area contributed by atoms with Gasteiger partial charge < -0.3 is 10.6 Å². The summed E-state index contributed by atoms with van der Waals surface area (Å²) < 4.78 is 0.919. The molecule has 10 heteroatoms. The Kier molecular flexibility index (Phi) is 4.77. The molecule has 0 radical (unpaired) electrons. The normalized spacial score (nSPS) is 23.9. The van der Waals surface area contributed by atoms with Gasteiger partial charge in [0.05, 0.1) is 11.6 Å². The first kappa shape index (κ1) is 18.3. The average molecular weight is 410 g/mol. The van der Waals surface area contributed by atoms with E-state index in [9.17, 15) is 0 Å². The summed E-state index contributed by atoms with van der Waals surface area (Å²) in [5, 5.41) is 22.9. The third-order valence-electron chi connectivity index (χ3n) is 5.84. The number of fused-ring (bicyclic) bond motifs is 3. The number of rotatable bonds is 6. The van der Waals surface area contributed by atoms with Crippen molar-refractivity contribution in [3.05, 3.63) is 17.3 Å². The van der Waals surface area contributed by atoms with E-state index in [1.54, 1.807) is 5.51 Å². The molecular weight excluding hydrogens is 386 g/mol. The smallest absolute Gasteiger partial charge is 0.227 e. The van der Waals surface area contributed by atoms with Gasteiger partial charge in [-0.3, -0.25) is 10.00 Å². The summed E-state index contributed by atoms with van der Waals surface area (Å²) in [7, 11) is 0. The summed E-state index contributed by atoms with van der Waals surface area (Å²) in [5.74, 6) is 2.06. The molecule has 2 fully saturated rings. The summed E-state index contributed by atoms with van der Waals surface area (Å²) >= 11 is 1.52. The van der Waals surface area contributed by atoms with Crippen LogP contribution in [0.25, 0.3) is 10.3 Å². The highest BCUT2D eigenvalue weighted by Gasteiger charge is 2.40. The number of aromatic nitrogens is 5. The minimum absolute atomic E-state index is 0.336. The van der Waals surface area contributed by atoms with E-state index in [-0.39, 0.29) is 0 Å². The molecule has 2 aliphatic rings. The largest absolute Gasteiger partial charge is 0.351 e. The zero-order chi connectivity index (χ0) is 19.8. The molecule has 5 heterocycles. The molecule has 2 saturated heterocycles. The van der Waals surface area contributed by atoms with Crippen molar-refractivity contribution in [2.75, 3.05) is 17.2 Å². The van der Waals surface area contributed by atoms with E-state index in [1.807, 2.05) is 13.0 Å². The quantitative estimate of drug-likeness (QED) is 0.568. The maximum absolute atomic E-state index is 8.92. The zero-order valence-corrected chi connectivity index (χ0v) is 17.0. The van der Waals surface area contributed by atoms with Crippen molar-refractivity contribution in [3.63, 3.8) is 0 Å². The van der Waals surface area contributed by atoms with E-state index in [1.165, 1.54) is 24.2 Å². The number of hydrogen-bond donors (Lipinski definition) is 3. The Labute approximate surface area is 172 Å². The minimum atomic E-state index is 0.336. The van der Waals surface area contributed by atoms with E-state index in [4.69, 9.17) is 10.2 Å². The highest BCUT2D eigenvalue weighted by molar-refractivity contribution is 7.17. The van der Waals surface area contributed by atoms with Crippen LogP contribution in [0.4, 0.5) is 17.6 Å². The monoisotopic (exact) mass is 409 g/mol. The first-order valence-corrected chi connectivity index (χ1v) is 10.9. The van der Waals surface area contributed by atoms with Crippen LogP contribution >= 0.6 is 11.3 Å². The van der Waals surface area contributed by atoms with Gasteiger partial charge in [0.1, 0.15) is 4.70 Å². The van der Waals surface area contributed by atoms with E-state index in [0.29, 0.717) is 36.1 Å². The Bertz CT molecular complexity index is 1040. The standard InChI is InChI=1S/C19H23N9S/c1-11-7-15(27-26-11)23-18-16-17(21-10-29-16)24-19(25-18)22-12-8-13-3-4-14(9-12)28(13)6-2-5-20/h7,10,12-14H,2-4,6,8-9H2,1H3,(H3,22,23,24,25,26,27)/t12-,13-,14+. The highest BCUT2D eigenvalue weighted by Crippen LogP contribution is 2.37. The summed E-state index contributed by atoms with van der Waals surface area (Å²) in [4.78, 5) is 16.3. The summed E-state index contributed by atoms with van der Waals surface area (Å²) in [6.07, 6.45) is 5.15. The Hall–Kier alpha value is -2.77. The van der Waals surface area contributed by atoms with Gasteiger partial charge in [0.2, 0.25) is 5.95 Å². The fraction of sp³-hybridized carbons (Fsp3) is 0.526. The highest BCUT2D eigenvalue weighted by atomic mass is 32.1. The van der Waals surface area contributed by atoms with Crippen LogP contribution < -0.4 is 10.6 Å². The Morgan fingerprint density at radius 2 is 2.14 bits per heavy atom. The number of nitriles is 1. The maximum Gasteiger partial charge on any atom is 0.227 e. The number of nitrogens with one attached hydrogen (secondary N) is 3. The molecule has 150 valence electrons. The van der Waals surface area contributed by atoms with Crippen molar-refractivity contribution < 1.29 is 0 Å². The van der Waals surface area contributed by atoms with Gasteiger partial charge in [-0.25, -0.2) is 4.98 Å². The molecule has 0 aliphatic carbocycles. The predicted octanol–water partition coefficient (Wildman–Crippen LogP) is 3.18. The molecule has 0 unspecified atom stereocenters. The summed E-state index contributed by atoms with van der Waals surface area (Å²) in [6.45, 7) is 2.85. The number of thiazole rings is 1. The van der Waals surface area contributed by atoms with Gasteiger partial charge in [-0.1, -0.05) is 0 Å². The van der Waals surface area contributed by atoms with E-state index in [0.717, 1.165) is 41.4 Å². The summed E-state index contributed by atoms with van der Waals surface area (Å²) in [5.41, 5.74) is 3.47. The number of aromatic amines is 1. The third-order valence-corrected chi connectivity index (χ3v) is 6.67. The molecule has 0 spiro atoms. The van der Waals surface area contributed by atoms with Crippen molar-refractivity contribution in [2.45, 2.75) is 57.2 Å². The number of hydrogen-bond acceptors (Lipinski definition) is 9. The van der Waals surface area contributed by atoms with E-state index < -0.39 is 0 Å². The van der Waals surface area contributed by atoms with Gasteiger partial charge >= 0.3 is 0 Å². The number of nitrogens with zero attached hydrogens (tertiary/aromatic N) is 6. The van der Waals surface area contributed by atoms with Crippen molar-refractivity contribution in [1.82, 2.24) is 30.0 Å². The first-order chi connectivity index (χ1) is 14.2. The van der Waals surface area contributed by atoms with Crippen LogP contribution in [0.2, 0.25) is 0 Å².